The second kappa shape index (κ2) is 6.43. The third-order valence-electron chi connectivity index (χ3n) is 2.66. The Morgan fingerprint density at radius 1 is 1.00 bits per heavy atom. The number of ether oxygens (including phenoxy) is 1. The van der Waals surface area contributed by atoms with Crippen molar-refractivity contribution in [2.24, 2.45) is 5.73 Å². The van der Waals surface area contributed by atoms with Crippen molar-refractivity contribution in [2.75, 3.05) is 6.54 Å². The molecule has 2 N–H and O–H groups in total. The van der Waals surface area contributed by atoms with Gasteiger partial charge in [-0.25, -0.2) is 0 Å². The van der Waals surface area contributed by atoms with Crippen LogP contribution in [0.2, 0.25) is 5.02 Å². The Labute approximate surface area is 112 Å². The first-order valence-corrected chi connectivity index (χ1v) is 6.32. The van der Waals surface area contributed by atoms with Crippen LogP contribution in [0.25, 0.3) is 0 Å². The molecule has 2 nitrogen and oxygen atoms in total. The average Bonchev–Trinajstić information content (AvgIpc) is 2.38. The zero-order chi connectivity index (χ0) is 12.8. The SMILES string of the molecule is NCCc1ccc(COc2cccc(Cl)c2)cc1. The molecule has 0 aliphatic heterocycles. The second-order valence-corrected chi connectivity index (χ2v) is 4.54. The summed E-state index contributed by atoms with van der Waals surface area (Å²) in [4.78, 5) is 0. The van der Waals surface area contributed by atoms with E-state index in [1.807, 2.05) is 24.3 Å². The van der Waals surface area contributed by atoms with Gasteiger partial charge in [-0.15, -0.1) is 0 Å². The minimum absolute atomic E-state index is 0.545. The van der Waals surface area contributed by atoms with Gasteiger partial charge in [0, 0.05) is 5.02 Å². The van der Waals surface area contributed by atoms with Crippen molar-refractivity contribution in [3.05, 3.63) is 64.7 Å². The van der Waals surface area contributed by atoms with Crippen LogP contribution in [0, 0.1) is 0 Å². The Hall–Kier alpha value is -1.51. The van der Waals surface area contributed by atoms with Gasteiger partial charge in [0.25, 0.3) is 0 Å². The van der Waals surface area contributed by atoms with Crippen molar-refractivity contribution in [1.82, 2.24) is 0 Å². The van der Waals surface area contributed by atoms with Crippen LogP contribution in [0.3, 0.4) is 0 Å². The Kier molecular flexibility index (Phi) is 4.62. The smallest absolute Gasteiger partial charge is 0.121 e. The molecule has 0 unspecified atom stereocenters. The minimum atomic E-state index is 0.545. The highest BCUT2D eigenvalue weighted by Crippen LogP contribution is 2.18. The van der Waals surface area contributed by atoms with E-state index in [4.69, 9.17) is 22.1 Å². The number of hydrogen-bond acceptors (Lipinski definition) is 2. The second-order valence-electron chi connectivity index (χ2n) is 4.10. The zero-order valence-electron chi connectivity index (χ0n) is 10.1. The summed E-state index contributed by atoms with van der Waals surface area (Å²) in [7, 11) is 0. The van der Waals surface area contributed by atoms with Gasteiger partial charge in [0.1, 0.15) is 12.4 Å². The summed E-state index contributed by atoms with van der Waals surface area (Å²) >= 11 is 5.89. The molecule has 0 fully saturated rings. The first kappa shape index (κ1) is 12.9. The minimum Gasteiger partial charge on any atom is -0.489 e. The van der Waals surface area contributed by atoms with Crippen molar-refractivity contribution in [3.8, 4) is 5.75 Å². The molecular weight excluding hydrogens is 246 g/mol. The van der Waals surface area contributed by atoms with Crippen molar-refractivity contribution in [3.63, 3.8) is 0 Å². The van der Waals surface area contributed by atoms with Gasteiger partial charge in [-0.2, -0.15) is 0 Å². The summed E-state index contributed by atoms with van der Waals surface area (Å²) in [6, 6.07) is 15.7. The van der Waals surface area contributed by atoms with E-state index in [2.05, 4.69) is 24.3 Å². The third kappa shape index (κ3) is 3.76. The predicted molar refractivity (Wildman–Crippen MR) is 75.0 cm³/mol. The maximum atomic E-state index is 5.89. The molecule has 2 aromatic rings. The lowest BCUT2D eigenvalue weighted by atomic mass is 10.1. The first-order chi connectivity index (χ1) is 8.78. The average molecular weight is 262 g/mol. The van der Waals surface area contributed by atoms with Crippen LogP contribution in [0.4, 0.5) is 0 Å². The lowest BCUT2D eigenvalue weighted by Crippen LogP contribution is -2.02. The Balaban J connectivity index is 1.93. The summed E-state index contributed by atoms with van der Waals surface area (Å²) in [5, 5.41) is 0.686. The largest absolute Gasteiger partial charge is 0.489 e. The third-order valence-corrected chi connectivity index (χ3v) is 2.89. The van der Waals surface area contributed by atoms with Gasteiger partial charge in [-0.1, -0.05) is 41.9 Å². The van der Waals surface area contributed by atoms with Gasteiger partial charge in [-0.05, 0) is 42.3 Å². The molecule has 0 saturated carbocycles. The summed E-state index contributed by atoms with van der Waals surface area (Å²) < 4.78 is 5.66. The molecule has 94 valence electrons. The maximum Gasteiger partial charge on any atom is 0.121 e. The highest BCUT2D eigenvalue weighted by atomic mass is 35.5. The van der Waals surface area contributed by atoms with Crippen LogP contribution in [0.5, 0.6) is 5.75 Å². The topological polar surface area (TPSA) is 35.2 Å². The lowest BCUT2D eigenvalue weighted by molar-refractivity contribution is 0.306. The van der Waals surface area contributed by atoms with E-state index in [1.54, 1.807) is 0 Å². The van der Waals surface area contributed by atoms with E-state index in [1.165, 1.54) is 5.56 Å². The normalized spacial score (nSPS) is 10.3. The molecule has 2 aromatic carbocycles. The molecule has 0 amide bonds. The number of hydrogen-bond donors (Lipinski definition) is 1. The van der Waals surface area contributed by atoms with Gasteiger partial charge in [0.2, 0.25) is 0 Å². The van der Waals surface area contributed by atoms with E-state index in [-0.39, 0.29) is 0 Å². The van der Waals surface area contributed by atoms with Crippen molar-refractivity contribution >= 4 is 11.6 Å². The Morgan fingerprint density at radius 3 is 2.39 bits per heavy atom. The van der Waals surface area contributed by atoms with Crippen LogP contribution < -0.4 is 10.5 Å². The molecular formula is C15H16ClNO. The highest BCUT2D eigenvalue weighted by Gasteiger charge is 1.98. The summed E-state index contributed by atoms with van der Waals surface area (Å²) in [6.07, 6.45) is 0.912. The summed E-state index contributed by atoms with van der Waals surface area (Å²) in [5.74, 6) is 0.786. The van der Waals surface area contributed by atoms with Crippen molar-refractivity contribution < 1.29 is 4.74 Å². The zero-order valence-corrected chi connectivity index (χ0v) is 10.9. The molecule has 0 radical (unpaired) electrons. The molecule has 2 rings (SSSR count). The van der Waals surface area contributed by atoms with Crippen LogP contribution >= 0.6 is 11.6 Å². The highest BCUT2D eigenvalue weighted by molar-refractivity contribution is 6.30. The van der Waals surface area contributed by atoms with E-state index in [0.717, 1.165) is 17.7 Å². The van der Waals surface area contributed by atoms with Gasteiger partial charge in [-0.3, -0.25) is 0 Å². The fraction of sp³-hybridized carbons (Fsp3) is 0.200. The summed E-state index contributed by atoms with van der Waals surface area (Å²) in [6.45, 7) is 1.22. The van der Waals surface area contributed by atoms with Crippen LogP contribution in [-0.4, -0.2) is 6.54 Å². The van der Waals surface area contributed by atoms with E-state index < -0.39 is 0 Å². The number of rotatable bonds is 5. The predicted octanol–water partition coefficient (Wildman–Crippen LogP) is 3.42. The van der Waals surface area contributed by atoms with Gasteiger partial charge in [0.05, 0.1) is 0 Å². The Morgan fingerprint density at radius 2 is 1.72 bits per heavy atom. The fourth-order valence-corrected chi connectivity index (χ4v) is 1.87. The number of nitrogens with two attached hydrogens (primary N) is 1. The molecule has 3 heteroatoms. The van der Waals surface area contributed by atoms with Crippen LogP contribution in [0.15, 0.2) is 48.5 Å². The molecule has 18 heavy (non-hydrogen) atoms. The first-order valence-electron chi connectivity index (χ1n) is 5.94. The molecule has 0 spiro atoms. The standard InChI is InChI=1S/C15H16ClNO/c16-14-2-1-3-15(10-14)18-11-13-6-4-12(5-7-13)8-9-17/h1-7,10H,8-9,11,17H2. The quantitative estimate of drug-likeness (QED) is 0.895. The van der Waals surface area contributed by atoms with E-state index in [0.29, 0.717) is 18.2 Å². The maximum absolute atomic E-state index is 5.89. The van der Waals surface area contributed by atoms with E-state index in [9.17, 15) is 0 Å². The molecule has 0 atom stereocenters. The van der Waals surface area contributed by atoms with Gasteiger partial charge < -0.3 is 10.5 Å². The van der Waals surface area contributed by atoms with Crippen LogP contribution in [-0.2, 0) is 13.0 Å². The lowest BCUT2D eigenvalue weighted by Gasteiger charge is -2.07. The van der Waals surface area contributed by atoms with Gasteiger partial charge >= 0.3 is 0 Å². The fourth-order valence-electron chi connectivity index (χ4n) is 1.69. The van der Waals surface area contributed by atoms with Gasteiger partial charge in [0.15, 0.2) is 0 Å². The van der Waals surface area contributed by atoms with Crippen molar-refractivity contribution in [1.29, 1.82) is 0 Å². The number of benzene rings is 2. The van der Waals surface area contributed by atoms with E-state index >= 15 is 0 Å². The molecule has 0 heterocycles. The molecule has 0 bridgehead atoms. The summed E-state index contributed by atoms with van der Waals surface area (Å²) in [5.41, 5.74) is 7.90. The molecule has 0 aliphatic carbocycles. The van der Waals surface area contributed by atoms with Crippen molar-refractivity contribution in [2.45, 2.75) is 13.0 Å². The molecule has 0 saturated heterocycles. The molecule has 0 aromatic heterocycles. The Bertz CT molecular complexity index is 496. The number of halogens is 1. The van der Waals surface area contributed by atoms with Crippen LogP contribution in [0.1, 0.15) is 11.1 Å². The molecule has 0 aliphatic rings. The monoisotopic (exact) mass is 261 g/mol.